The molecule has 0 aliphatic rings. The number of carbonyl (C=O) groups is 1. The Balaban J connectivity index is 1.55. The van der Waals surface area contributed by atoms with Gasteiger partial charge < -0.3 is 5.32 Å². The Morgan fingerprint density at radius 1 is 0.909 bits per heavy atom. The zero-order valence-corrected chi connectivity index (χ0v) is 17.8. The van der Waals surface area contributed by atoms with Crippen molar-refractivity contribution < 1.29 is 18.1 Å². The molecule has 1 heterocycles. The van der Waals surface area contributed by atoms with Crippen LogP contribution in [0.2, 0.25) is 0 Å². The van der Waals surface area contributed by atoms with Crippen molar-refractivity contribution in [2.24, 2.45) is 0 Å². The van der Waals surface area contributed by atoms with Crippen LogP contribution in [0.3, 0.4) is 0 Å². The van der Waals surface area contributed by atoms with E-state index in [-0.39, 0.29) is 27.7 Å². The van der Waals surface area contributed by atoms with Crippen LogP contribution in [0.25, 0.3) is 5.69 Å². The number of nitro groups is 1. The Labute approximate surface area is 188 Å². The Kier molecular flexibility index (Phi) is 5.87. The Bertz CT molecular complexity index is 1430. The predicted molar refractivity (Wildman–Crippen MR) is 122 cm³/mol. The van der Waals surface area contributed by atoms with Crippen molar-refractivity contribution in [3.63, 3.8) is 0 Å². The number of para-hydroxylation sites is 2. The van der Waals surface area contributed by atoms with Crippen LogP contribution in [0, 0.1) is 10.1 Å². The topological polar surface area (TPSA) is 136 Å². The molecule has 0 spiro atoms. The second kappa shape index (κ2) is 8.93. The Morgan fingerprint density at radius 3 is 2.33 bits per heavy atom. The summed E-state index contributed by atoms with van der Waals surface area (Å²) in [6.07, 6.45) is 1.50. The standard InChI is InChI=1S/C22H17N5O5S/c28-22(21-13-14-26(24-21)16-7-6-8-17(15-16)27(29)30)23-19-11-4-5-12-20(19)25-33(31,32)18-9-2-1-3-10-18/h1-15,25H,(H,23,28). The number of sulfonamides is 1. The molecule has 0 bridgehead atoms. The second-order valence-corrected chi connectivity index (χ2v) is 8.52. The lowest BCUT2D eigenvalue weighted by Gasteiger charge is -2.13. The fourth-order valence-electron chi connectivity index (χ4n) is 3.01. The van der Waals surface area contributed by atoms with E-state index in [0.717, 1.165) is 0 Å². The van der Waals surface area contributed by atoms with E-state index >= 15 is 0 Å². The van der Waals surface area contributed by atoms with Crippen LogP contribution in [-0.2, 0) is 10.0 Å². The maximum Gasteiger partial charge on any atom is 0.276 e. The quantitative estimate of drug-likeness (QED) is 0.316. The third kappa shape index (κ3) is 4.88. The van der Waals surface area contributed by atoms with Crippen LogP contribution in [0.15, 0.2) is 96.0 Å². The number of benzene rings is 3. The lowest BCUT2D eigenvalue weighted by atomic mass is 10.2. The van der Waals surface area contributed by atoms with Gasteiger partial charge in [-0.3, -0.25) is 19.6 Å². The normalized spacial score (nSPS) is 11.0. The van der Waals surface area contributed by atoms with Crippen molar-refractivity contribution in [3.8, 4) is 5.69 Å². The number of anilines is 2. The molecule has 166 valence electrons. The van der Waals surface area contributed by atoms with Gasteiger partial charge in [-0.1, -0.05) is 36.4 Å². The fourth-order valence-corrected chi connectivity index (χ4v) is 4.11. The third-order valence-electron chi connectivity index (χ3n) is 4.60. The van der Waals surface area contributed by atoms with Crippen molar-refractivity contribution in [1.29, 1.82) is 0 Å². The molecule has 0 saturated carbocycles. The van der Waals surface area contributed by atoms with Crippen molar-refractivity contribution in [1.82, 2.24) is 9.78 Å². The molecule has 4 aromatic rings. The molecular formula is C22H17N5O5S. The second-order valence-electron chi connectivity index (χ2n) is 6.84. The molecular weight excluding hydrogens is 446 g/mol. The largest absolute Gasteiger partial charge is 0.319 e. The van der Waals surface area contributed by atoms with E-state index in [9.17, 15) is 23.3 Å². The zero-order chi connectivity index (χ0) is 23.4. The van der Waals surface area contributed by atoms with Gasteiger partial charge in [0.1, 0.15) is 0 Å². The number of nitro benzene ring substituents is 1. The molecule has 3 aromatic carbocycles. The highest BCUT2D eigenvalue weighted by atomic mass is 32.2. The molecule has 0 atom stereocenters. The first kappa shape index (κ1) is 21.7. The number of carbonyl (C=O) groups excluding carboxylic acids is 1. The molecule has 0 fully saturated rings. The van der Waals surface area contributed by atoms with Crippen LogP contribution in [-0.4, -0.2) is 29.0 Å². The summed E-state index contributed by atoms with van der Waals surface area (Å²) in [5.41, 5.74) is 0.787. The molecule has 0 saturated heterocycles. The average Bonchev–Trinajstić information content (AvgIpc) is 3.31. The van der Waals surface area contributed by atoms with Crippen molar-refractivity contribution in [2.75, 3.05) is 10.0 Å². The SMILES string of the molecule is O=C(Nc1ccccc1NS(=O)(=O)c1ccccc1)c1ccn(-c2cccc([N+](=O)[O-])c2)n1. The summed E-state index contributed by atoms with van der Waals surface area (Å²) in [5.74, 6) is -0.578. The number of amides is 1. The highest BCUT2D eigenvalue weighted by Gasteiger charge is 2.18. The van der Waals surface area contributed by atoms with Gasteiger partial charge in [-0.05, 0) is 36.4 Å². The minimum Gasteiger partial charge on any atom is -0.319 e. The molecule has 1 aromatic heterocycles. The third-order valence-corrected chi connectivity index (χ3v) is 5.98. The van der Waals surface area contributed by atoms with Crippen molar-refractivity contribution in [3.05, 3.63) is 107 Å². The number of rotatable bonds is 7. The predicted octanol–water partition coefficient (Wildman–Crippen LogP) is 3.83. The van der Waals surface area contributed by atoms with Gasteiger partial charge in [-0.25, -0.2) is 13.1 Å². The van der Waals surface area contributed by atoms with Gasteiger partial charge in [-0.2, -0.15) is 5.10 Å². The van der Waals surface area contributed by atoms with E-state index in [0.29, 0.717) is 5.69 Å². The van der Waals surface area contributed by atoms with Crippen LogP contribution in [0.4, 0.5) is 17.1 Å². The Hall–Kier alpha value is -4.51. The summed E-state index contributed by atoms with van der Waals surface area (Å²) < 4.78 is 29.1. The van der Waals surface area contributed by atoms with Crippen LogP contribution < -0.4 is 10.0 Å². The van der Waals surface area contributed by atoms with Crippen LogP contribution >= 0.6 is 0 Å². The first-order chi connectivity index (χ1) is 15.8. The van der Waals surface area contributed by atoms with Gasteiger partial charge in [0.2, 0.25) is 0 Å². The van der Waals surface area contributed by atoms with Gasteiger partial charge in [0.25, 0.3) is 21.6 Å². The summed E-state index contributed by atoms with van der Waals surface area (Å²) in [4.78, 5) is 23.3. The monoisotopic (exact) mass is 463 g/mol. The average molecular weight is 463 g/mol. The highest BCUT2D eigenvalue weighted by Crippen LogP contribution is 2.25. The van der Waals surface area contributed by atoms with Crippen LogP contribution in [0.5, 0.6) is 0 Å². The first-order valence-electron chi connectivity index (χ1n) is 9.62. The molecule has 2 N–H and O–H groups in total. The zero-order valence-electron chi connectivity index (χ0n) is 17.0. The smallest absolute Gasteiger partial charge is 0.276 e. The maximum atomic E-state index is 12.7. The molecule has 11 heteroatoms. The number of aromatic nitrogens is 2. The number of non-ortho nitro benzene ring substituents is 1. The van der Waals surface area contributed by atoms with E-state index in [1.54, 1.807) is 42.5 Å². The summed E-state index contributed by atoms with van der Waals surface area (Å²) in [5, 5.41) is 17.8. The molecule has 0 unspecified atom stereocenters. The van der Waals surface area contributed by atoms with E-state index in [1.165, 1.54) is 53.3 Å². The van der Waals surface area contributed by atoms with E-state index in [2.05, 4.69) is 15.1 Å². The summed E-state index contributed by atoms with van der Waals surface area (Å²) in [7, 11) is -3.86. The van der Waals surface area contributed by atoms with E-state index in [1.807, 2.05) is 0 Å². The molecule has 0 radical (unpaired) electrons. The minimum absolute atomic E-state index is 0.0437. The lowest BCUT2D eigenvalue weighted by molar-refractivity contribution is -0.384. The van der Waals surface area contributed by atoms with Gasteiger partial charge in [0, 0.05) is 18.3 Å². The van der Waals surface area contributed by atoms with Crippen molar-refractivity contribution >= 4 is 33.0 Å². The molecule has 0 aliphatic heterocycles. The number of nitrogens with one attached hydrogen (secondary N) is 2. The number of hydrogen-bond acceptors (Lipinski definition) is 6. The highest BCUT2D eigenvalue weighted by molar-refractivity contribution is 7.92. The summed E-state index contributed by atoms with van der Waals surface area (Å²) in [6, 6.07) is 21.5. The Morgan fingerprint density at radius 2 is 1.61 bits per heavy atom. The minimum atomic E-state index is -3.86. The van der Waals surface area contributed by atoms with Gasteiger partial charge in [0.05, 0.1) is 26.9 Å². The lowest BCUT2D eigenvalue weighted by Crippen LogP contribution is -2.17. The molecule has 33 heavy (non-hydrogen) atoms. The molecule has 10 nitrogen and oxygen atoms in total. The fraction of sp³-hybridized carbons (Fsp3) is 0. The van der Waals surface area contributed by atoms with Crippen LogP contribution in [0.1, 0.15) is 10.5 Å². The summed E-state index contributed by atoms with van der Waals surface area (Å²) in [6.45, 7) is 0. The van der Waals surface area contributed by atoms with E-state index < -0.39 is 20.9 Å². The van der Waals surface area contributed by atoms with Gasteiger partial charge in [0.15, 0.2) is 5.69 Å². The van der Waals surface area contributed by atoms with Gasteiger partial charge in [-0.15, -0.1) is 0 Å². The number of hydrogen-bond donors (Lipinski definition) is 2. The summed E-state index contributed by atoms with van der Waals surface area (Å²) >= 11 is 0. The maximum absolute atomic E-state index is 12.7. The number of nitrogens with zero attached hydrogens (tertiary/aromatic N) is 3. The molecule has 1 amide bonds. The first-order valence-corrected chi connectivity index (χ1v) is 11.1. The molecule has 0 aliphatic carbocycles. The van der Waals surface area contributed by atoms with Crippen molar-refractivity contribution in [2.45, 2.75) is 4.90 Å². The van der Waals surface area contributed by atoms with Gasteiger partial charge >= 0.3 is 0 Å². The molecule has 4 rings (SSSR count). The van der Waals surface area contributed by atoms with E-state index in [4.69, 9.17) is 0 Å².